The SMILES string of the molecule is CC(C)Nc1ncc2ncnc(Nc3cccc([N+](=O)[O-])c3)c2n1. The Hall–Kier alpha value is -3.36. The van der Waals surface area contributed by atoms with Crippen LogP contribution in [0.15, 0.2) is 36.8 Å². The quantitative estimate of drug-likeness (QED) is 0.543. The van der Waals surface area contributed by atoms with E-state index in [0.29, 0.717) is 28.5 Å². The van der Waals surface area contributed by atoms with Gasteiger partial charge in [-0.1, -0.05) is 6.07 Å². The molecule has 0 aliphatic rings. The zero-order chi connectivity index (χ0) is 17.1. The summed E-state index contributed by atoms with van der Waals surface area (Å²) in [5.41, 5.74) is 1.64. The number of benzene rings is 1. The molecule has 2 heterocycles. The Morgan fingerprint density at radius 1 is 1.21 bits per heavy atom. The number of anilines is 3. The first kappa shape index (κ1) is 15.5. The molecule has 9 heteroatoms. The molecule has 0 atom stereocenters. The zero-order valence-electron chi connectivity index (χ0n) is 13.1. The van der Waals surface area contributed by atoms with Gasteiger partial charge in [-0.05, 0) is 19.9 Å². The number of hydrogen-bond acceptors (Lipinski definition) is 8. The van der Waals surface area contributed by atoms with Crippen LogP contribution < -0.4 is 10.6 Å². The molecule has 9 nitrogen and oxygen atoms in total. The fourth-order valence-electron chi connectivity index (χ4n) is 2.11. The van der Waals surface area contributed by atoms with E-state index >= 15 is 0 Å². The van der Waals surface area contributed by atoms with E-state index in [9.17, 15) is 10.1 Å². The highest BCUT2D eigenvalue weighted by Gasteiger charge is 2.11. The molecular weight excluding hydrogens is 310 g/mol. The second-order valence-electron chi connectivity index (χ2n) is 5.38. The van der Waals surface area contributed by atoms with Gasteiger partial charge >= 0.3 is 0 Å². The maximum atomic E-state index is 10.9. The Morgan fingerprint density at radius 2 is 2.04 bits per heavy atom. The van der Waals surface area contributed by atoms with Crippen molar-refractivity contribution in [2.45, 2.75) is 19.9 Å². The van der Waals surface area contributed by atoms with Crippen molar-refractivity contribution in [3.05, 3.63) is 46.9 Å². The third kappa shape index (κ3) is 3.35. The van der Waals surface area contributed by atoms with Gasteiger partial charge in [0.25, 0.3) is 5.69 Å². The summed E-state index contributed by atoms with van der Waals surface area (Å²) < 4.78 is 0. The Labute approximate surface area is 137 Å². The predicted octanol–water partition coefficient (Wildman–Crippen LogP) is 2.89. The van der Waals surface area contributed by atoms with Gasteiger partial charge in [0.2, 0.25) is 5.95 Å². The largest absolute Gasteiger partial charge is 0.352 e. The lowest BCUT2D eigenvalue weighted by atomic mass is 10.3. The van der Waals surface area contributed by atoms with Crippen molar-refractivity contribution in [3.8, 4) is 0 Å². The Bertz CT molecular complexity index is 898. The van der Waals surface area contributed by atoms with Gasteiger partial charge in [-0.3, -0.25) is 10.1 Å². The van der Waals surface area contributed by atoms with Crippen LogP contribution in [-0.2, 0) is 0 Å². The average molecular weight is 325 g/mol. The maximum Gasteiger partial charge on any atom is 0.271 e. The first-order chi connectivity index (χ1) is 11.5. The summed E-state index contributed by atoms with van der Waals surface area (Å²) in [5, 5.41) is 17.1. The Balaban J connectivity index is 1.99. The van der Waals surface area contributed by atoms with Gasteiger partial charge in [-0.25, -0.2) is 19.9 Å². The molecule has 1 aromatic carbocycles. The third-order valence-electron chi connectivity index (χ3n) is 3.11. The number of nitrogens with zero attached hydrogens (tertiary/aromatic N) is 5. The molecule has 0 amide bonds. The van der Waals surface area contributed by atoms with Gasteiger partial charge in [-0.15, -0.1) is 0 Å². The fourth-order valence-corrected chi connectivity index (χ4v) is 2.11. The van der Waals surface area contributed by atoms with Crippen LogP contribution in [0.3, 0.4) is 0 Å². The van der Waals surface area contributed by atoms with Crippen LogP contribution in [0.5, 0.6) is 0 Å². The van der Waals surface area contributed by atoms with Gasteiger partial charge in [0.15, 0.2) is 5.82 Å². The molecule has 2 aromatic heterocycles. The highest BCUT2D eigenvalue weighted by Crippen LogP contribution is 2.24. The first-order valence-electron chi connectivity index (χ1n) is 7.28. The fraction of sp³-hybridized carbons (Fsp3) is 0.200. The predicted molar refractivity (Wildman–Crippen MR) is 90.3 cm³/mol. The van der Waals surface area contributed by atoms with Crippen molar-refractivity contribution in [1.29, 1.82) is 0 Å². The molecule has 3 aromatic rings. The first-order valence-corrected chi connectivity index (χ1v) is 7.28. The molecule has 0 radical (unpaired) electrons. The van der Waals surface area contributed by atoms with Crippen LogP contribution in [0, 0.1) is 10.1 Å². The van der Waals surface area contributed by atoms with E-state index < -0.39 is 4.92 Å². The van der Waals surface area contributed by atoms with Gasteiger partial charge < -0.3 is 10.6 Å². The minimum Gasteiger partial charge on any atom is -0.352 e. The molecule has 3 rings (SSSR count). The van der Waals surface area contributed by atoms with Crippen molar-refractivity contribution < 1.29 is 4.92 Å². The van der Waals surface area contributed by atoms with Gasteiger partial charge in [0.05, 0.1) is 11.1 Å². The summed E-state index contributed by atoms with van der Waals surface area (Å²) in [4.78, 5) is 27.4. The minimum absolute atomic E-state index is 0.00449. The van der Waals surface area contributed by atoms with E-state index in [2.05, 4.69) is 30.6 Å². The molecule has 0 aliphatic heterocycles. The summed E-state index contributed by atoms with van der Waals surface area (Å²) in [7, 11) is 0. The molecule has 0 fully saturated rings. The second-order valence-corrected chi connectivity index (χ2v) is 5.38. The number of hydrogen-bond donors (Lipinski definition) is 2. The topological polar surface area (TPSA) is 119 Å². The summed E-state index contributed by atoms with van der Waals surface area (Å²) in [6.45, 7) is 3.97. The van der Waals surface area contributed by atoms with Crippen LogP contribution >= 0.6 is 0 Å². The Morgan fingerprint density at radius 3 is 2.79 bits per heavy atom. The smallest absolute Gasteiger partial charge is 0.271 e. The summed E-state index contributed by atoms with van der Waals surface area (Å²) >= 11 is 0. The van der Waals surface area contributed by atoms with Gasteiger partial charge in [0, 0.05) is 23.9 Å². The molecule has 0 bridgehead atoms. The molecule has 0 spiro atoms. The minimum atomic E-state index is -0.448. The second kappa shape index (κ2) is 6.41. The van der Waals surface area contributed by atoms with Crippen molar-refractivity contribution in [3.63, 3.8) is 0 Å². The number of fused-ring (bicyclic) bond motifs is 1. The molecule has 24 heavy (non-hydrogen) atoms. The standard InChI is InChI=1S/C15H15N7O2/c1-9(2)19-15-16-7-12-13(21-15)14(18-8-17-12)20-10-4-3-5-11(6-10)22(23)24/h3-9H,1-2H3,(H,16,19,21)(H,17,18,20). The number of nitro groups is 1. The van der Waals surface area contributed by atoms with Crippen LogP contribution in [0.2, 0.25) is 0 Å². The van der Waals surface area contributed by atoms with Gasteiger partial charge in [-0.2, -0.15) is 0 Å². The zero-order valence-corrected chi connectivity index (χ0v) is 13.1. The maximum absolute atomic E-state index is 10.9. The van der Waals surface area contributed by atoms with Crippen LogP contribution in [0.1, 0.15) is 13.8 Å². The number of nitro benzene ring substituents is 1. The molecular formula is C15H15N7O2. The van der Waals surface area contributed by atoms with Crippen LogP contribution in [0.25, 0.3) is 11.0 Å². The number of rotatable bonds is 5. The van der Waals surface area contributed by atoms with E-state index in [0.717, 1.165) is 0 Å². The summed E-state index contributed by atoms with van der Waals surface area (Å²) in [5.74, 6) is 0.920. The molecule has 0 unspecified atom stereocenters. The molecule has 2 N–H and O–H groups in total. The third-order valence-corrected chi connectivity index (χ3v) is 3.11. The van der Waals surface area contributed by atoms with Crippen molar-refractivity contribution in [2.24, 2.45) is 0 Å². The molecule has 122 valence electrons. The number of non-ortho nitro benzene ring substituents is 1. The molecule has 0 saturated heterocycles. The highest BCUT2D eigenvalue weighted by atomic mass is 16.6. The van der Waals surface area contributed by atoms with Gasteiger partial charge in [0.1, 0.15) is 17.4 Å². The number of aromatic nitrogens is 4. The van der Waals surface area contributed by atoms with Crippen molar-refractivity contribution >= 4 is 34.2 Å². The lowest BCUT2D eigenvalue weighted by Crippen LogP contribution is -2.12. The van der Waals surface area contributed by atoms with Crippen molar-refractivity contribution in [2.75, 3.05) is 10.6 Å². The highest BCUT2D eigenvalue weighted by molar-refractivity contribution is 5.87. The monoisotopic (exact) mass is 325 g/mol. The van der Waals surface area contributed by atoms with E-state index in [1.54, 1.807) is 18.3 Å². The van der Waals surface area contributed by atoms with Crippen LogP contribution in [0.4, 0.5) is 23.1 Å². The average Bonchev–Trinajstić information content (AvgIpc) is 2.55. The summed E-state index contributed by atoms with van der Waals surface area (Å²) in [6.07, 6.45) is 2.99. The van der Waals surface area contributed by atoms with E-state index in [4.69, 9.17) is 0 Å². The van der Waals surface area contributed by atoms with E-state index in [-0.39, 0.29) is 11.7 Å². The summed E-state index contributed by atoms with van der Waals surface area (Å²) in [6, 6.07) is 6.36. The lowest BCUT2D eigenvalue weighted by molar-refractivity contribution is -0.384. The van der Waals surface area contributed by atoms with Crippen LogP contribution in [-0.4, -0.2) is 30.9 Å². The van der Waals surface area contributed by atoms with Crippen molar-refractivity contribution in [1.82, 2.24) is 19.9 Å². The Kier molecular flexibility index (Phi) is 4.15. The molecule has 0 aliphatic carbocycles. The lowest BCUT2D eigenvalue weighted by Gasteiger charge is -2.10. The van der Waals surface area contributed by atoms with E-state index in [1.165, 1.54) is 18.5 Å². The van der Waals surface area contributed by atoms with E-state index in [1.807, 2.05) is 13.8 Å². The molecule has 0 saturated carbocycles. The normalized spacial score (nSPS) is 10.8. The number of nitrogens with one attached hydrogen (secondary N) is 2.